The van der Waals surface area contributed by atoms with Gasteiger partial charge in [-0.1, -0.05) is 31.4 Å². The number of carbonyl (C=O) groups is 1. The molecule has 2 aromatic rings. The van der Waals surface area contributed by atoms with E-state index in [-0.39, 0.29) is 11.8 Å². The maximum absolute atomic E-state index is 13.4. The van der Waals surface area contributed by atoms with Gasteiger partial charge in [0.2, 0.25) is 5.88 Å². The number of hydrogen-bond donors (Lipinski definition) is 1. The molecule has 1 N–H and O–H groups in total. The van der Waals surface area contributed by atoms with Crippen LogP contribution in [0.15, 0.2) is 42.6 Å². The SMILES string of the molecule is CCN(C(=O)NCc1cccnc1Oc1cccc(F)c1)C1CCCCC1. The predicted molar refractivity (Wildman–Crippen MR) is 102 cm³/mol. The highest BCUT2D eigenvalue weighted by molar-refractivity contribution is 5.74. The van der Waals surface area contributed by atoms with Crippen LogP contribution in [0.5, 0.6) is 11.6 Å². The summed E-state index contributed by atoms with van der Waals surface area (Å²) in [5, 5.41) is 2.98. The molecule has 0 spiro atoms. The third-order valence-electron chi connectivity index (χ3n) is 4.91. The van der Waals surface area contributed by atoms with Crippen molar-refractivity contribution in [3.8, 4) is 11.6 Å². The lowest BCUT2D eigenvalue weighted by Gasteiger charge is -2.33. The highest BCUT2D eigenvalue weighted by atomic mass is 19.1. The van der Waals surface area contributed by atoms with E-state index in [0.717, 1.165) is 18.4 Å². The van der Waals surface area contributed by atoms with Gasteiger partial charge in [0.15, 0.2) is 0 Å². The van der Waals surface area contributed by atoms with Gasteiger partial charge >= 0.3 is 6.03 Å². The lowest BCUT2D eigenvalue weighted by Crippen LogP contribution is -2.46. The van der Waals surface area contributed by atoms with Crippen molar-refractivity contribution in [1.29, 1.82) is 0 Å². The average molecular weight is 371 g/mol. The maximum atomic E-state index is 13.4. The molecule has 1 aromatic heterocycles. The zero-order valence-electron chi connectivity index (χ0n) is 15.7. The average Bonchev–Trinajstić information content (AvgIpc) is 2.69. The third-order valence-corrected chi connectivity index (χ3v) is 4.91. The standard InChI is InChI=1S/C21H26FN3O2/c1-2-25(18-10-4-3-5-11-18)21(26)24-15-16-8-7-13-23-20(16)27-19-12-6-9-17(22)14-19/h6-9,12-14,18H,2-5,10-11,15H2,1H3,(H,24,26). The molecule has 0 aliphatic heterocycles. The lowest BCUT2D eigenvalue weighted by molar-refractivity contribution is 0.159. The maximum Gasteiger partial charge on any atom is 0.317 e. The summed E-state index contributed by atoms with van der Waals surface area (Å²) in [5.74, 6) is 0.368. The largest absolute Gasteiger partial charge is 0.439 e. The molecule has 0 unspecified atom stereocenters. The monoisotopic (exact) mass is 371 g/mol. The summed E-state index contributed by atoms with van der Waals surface area (Å²) < 4.78 is 19.1. The van der Waals surface area contributed by atoms with Gasteiger partial charge < -0.3 is 15.0 Å². The number of carbonyl (C=O) groups excluding carboxylic acids is 1. The number of nitrogens with zero attached hydrogens (tertiary/aromatic N) is 2. The van der Waals surface area contributed by atoms with Crippen LogP contribution in [0.1, 0.15) is 44.6 Å². The van der Waals surface area contributed by atoms with Crippen molar-refractivity contribution in [3.63, 3.8) is 0 Å². The summed E-state index contributed by atoms with van der Waals surface area (Å²) in [7, 11) is 0. The van der Waals surface area contributed by atoms with E-state index in [4.69, 9.17) is 4.74 Å². The Morgan fingerprint density at radius 2 is 2.07 bits per heavy atom. The lowest BCUT2D eigenvalue weighted by atomic mass is 9.94. The van der Waals surface area contributed by atoms with Gasteiger partial charge in [-0.3, -0.25) is 0 Å². The molecule has 1 aliphatic rings. The Morgan fingerprint density at radius 1 is 1.26 bits per heavy atom. The highest BCUT2D eigenvalue weighted by Crippen LogP contribution is 2.24. The van der Waals surface area contributed by atoms with Crippen LogP contribution in [0, 0.1) is 5.82 Å². The van der Waals surface area contributed by atoms with Crippen molar-refractivity contribution >= 4 is 6.03 Å². The molecule has 6 heteroatoms. The van der Waals surface area contributed by atoms with Gasteiger partial charge in [0.25, 0.3) is 0 Å². The fourth-order valence-corrected chi connectivity index (χ4v) is 3.53. The van der Waals surface area contributed by atoms with Gasteiger partial charge in [0.1, 0.15) is 11.6 Å². The third kappa shape index (κ3) is 5.18. The number of ether oxygens (including phenoxy) is 1. The van der Waals surface area contributed by atoms with Crippen LogP contribution in [0.2, 0.25) is 0 Å². The van der Waals surface area contributed by atoms with Crippen LogP contribution >= 0.6 is 0 Å². The second kappa shape index (κ2) is 9.35. The van der Waals surface area contributed by atoms with E-state index >= 15 is 0 Å². The summed E-state index contributed by atoms with van der Waals surface area (Å²) in [6.07, 6.45) is 7.38. The number of urea groups is 1. The zero-order valence-corrected chi connectivity index (χ0v) is 15.7. The van der Waals surface area contributed by atoms with Crippen LogP contribution in [0.25, 0.3) is 0 Å². The fraction of sp³-hybridized carbons (Fsp3) is 0.429. The Bertz CT molecular complexity index is 763. The van der Waals surface area contributed by atoms with Crippen LogP contribution < -0.4 is 10.1 Å². The van der Waals surface area contributed by atoms with Gasteiger partial charge in [0, 0.05) is 37.0 Å². The molecule has 0 bridgehead atoms. The van der Waals surface area contributed by atoms with E-state index in [0.29, 0.717) is 30.8 Å². The topological polar surface area (TPSA) is 54.5 Å². The highest BCUT2D eigenvalue weighted by Gasteiger charge is 2.24. The number of benzene rings is 1. The molecule has 0 atom stereocenters. The van der Waals surface area contributed by atoms with Crippen molar-refractivity contribution in [1.82, 2.24) is 15.2 Å². The van der Waals surface area contributed by atoms with Crippen molar-refractivity contribution in [3.05, 3.63) is 54.0 Å². The first-order chi connectivity index (χ1) is 13.2. The summed E-state index contributed by atoms with van der Waals surface area (Å²) in [5.41, 5.74) is 0.745. The number of amides is 2. The Balaban J connectivity index is 1.64. The quantitative estimate of drug-likeness (QED) is 0.788. The summed E-state index contributed by atoms with van der Waals surface area (Å²) in [6, 6.07) is 9.80. The minimum Gasteiger partial charge on any atom is -0.439 e. The predicted octanol–water partition coefficient (Wildman–Crippen LogP) is 4.88. The van der Waals surface area contributed by atoms with Crippen LogP contribution in [-0.2, 0) is 6.54 Å². The molecule has 27 heavy (non-hydrogen) atoms. The smallest absolute Gasteiger partial charge is 0.317 e. The number of halogens is 1. The van der Waals surface area contributed by atoms with Gasteiger partial charge in [-0.2, -0.15) is 0 Å². The molecule has 1 fully saturated rings. The van der Waals surface area contributed by atoms with Gasteiger partial charge in [-0.15, -0.1) is 0 Å². The van der Waals surface area contributed by atoms with E-state index in [2.05, 4.69) is 10.3 Å². The van der Waals surface area contributed by atoms with Crippen LogP contribution in [-0.4, -0.2) is 28.5 Å². The minimum atomic E-state index is -0.371. The van der Waals surface area contributed by atoms with Crippen molar-refractivity contribution in [2.75, 3.05) is 6.54 Å². The van der Waals surface area contributed by atoms with Crippen molar-refractivity contribution < 1.29 is 13.9 Å². The van der Waals surface area contributed by atoms with E-state index in [1.807, 2.05) is 17.9 Å². The Hall–Kier alpha value is -2.63. The fourth-order valence-electron chi connectivity index (χ4n) is 3.53. The van der Waals surface area contributed by atoms with E-state index in [9.17, 15) is 9.18 Å². The second-order valence-corrected chi connectivity index (χ2v) is 6.76. The summed E-state index contributed by atoms with van der Waals surface area (Å²) in [6.45, 7) is 3.01. The molecule has 1 saturated carbocycles. The molecule has 5 nitrogen and oxygen atoms in total. The Morgan fingerprint density at radius 3 is 2.81 bits per heavy atom. The molecule has 0 radical (unpaired) electrons. The van der Waals surface area contributed by atoms with Gasteiger partial charge in [-0.25, -0.2) is 14.2 Å². The molecule has 1 heterocycles. The van der Waals surface area contributed by atoms with Crippen molar-refractivity contribution in [2.45, 2.75) is 51.6 Å². The van der Waals surface area contributed by atoms with Gasteiger partial charge in [0.05, 0.1) is 0 Å². The normalized spacial score (nSPS) is 14.6. The first-order valence-corrected chi connectivity index (χ1v) is 9.59. The number of pyridine rings is 1. The molecule has 3 rings (SSSR count). The molecule has 2 amide bonds. The Labute approximate surface area is 159 Å². The molecule has 0 saturated heterocycles. The van der Waals surface area contributed by atoms with E-state index < -0.39 is 0 Å². The number of aromatic nitrogens is 1. The number of rotatable bonds is 6. The first kappa shape index (κ1) is 19.1. The van der Waals surface area contributed by atoms with Crippen LogP contribution in [0.4, 0.5) is 9.18 Å². The van der Waals surface area contributed by atoms with Crippen LogP contribution in [0.3, 0.4) is 0 Å². The summed E-state index contributed by atoms with van der Waals surface area (Å²) >= 11 is 0. The number of hydrogen-bond acceptors (Lipinski definition) is 3. The minimum absolute atomic E-state index is 0.0649. The zero-order chi connectivity index (χ0) is 19.1. The second-order valence-electron chi connectivity index (χ2n) is 6.76. The molecule has 1 aliphatic carbocycles. The number of nitrogens with one attached hydrogen (secondary N) is 1. The summed E-state index contributed by atoms with van der Waals surface area (Å²) in [4.78, 5) is 18.8. The first-order valence-electron chi connectivity index (χ1n) is 9.59. The molecule has 144 valence electrons. The molecular weight excluding hydrogens is 345 g/mol. The van der Waals surface area contributed by atoms with E-state index in [1.165, 1.54) is 31.4 Å². The molecular formula is C21H26FN3O2. The van der Waals surface area contributed by atoms with Gasteiger partial charge in [-0.05, 0) is 38.0 Å². The van der Waals surface area contributed by atoms with Crippen molar-refractivity contribution in [2.24, 2.45) is 0 Å². The van der Waals surface area contributed by atoms with E-state index in [1.54, 1.807) is 24.4 Å². The molecule has 1 aromatic carbocycles. The Kier molecular flexibility index (Phi) is 6.63.